The Labute approximate surface area is 115 Å². The maximum atomic E-state index is 11.9. The highest BCUT2D eigenvalue weighted by Gasteiger charge is 2.12. The molecule has 1 aromatic heterocycles. The second kappa shape index (κ2) is 7.94. The van der Waals surface area contributed by atoms with Crippen LogP contribution in [0.1, 0.15) is 39.9 Å². The molecule has 1 amide bonds. The van der Waals surface area contributed by atoms with Crippen molar-refractivity contribution in [2.45, 2.75) is 53.2 Å². The molecule has 1 heterocycles. The van der Waals surface area contributed by atoms with Crippen molar-refractivity contribution in [3.63, 3.8) is 0 Å². The summed E-state index contributed by atoms with van der Waals surface area (Å²) in [5, 5.41) is 6.30. The van der Waals surface area contributed by atoms with Gasteiger partial charge in [0, 0.05) is 18.4 Å². The van der Waals surface area contributed by atoms with Crippen molar-refractivity contribution >= 4 is 5.91 Å². The minimum atomic E-state index is 0.0379. The Morgan fingerprint density at radius 1 is 1.42 bits per heavy atom. The zero-order valence-corrected chi connectivity index (χ0v) is 12.4. The van der Waals surface area contributed by atoms with Crippen LogP contribution in [-0.2, 0) is 17.9 Å². The fraction of sp³-hybridized carbons (Fsp3) is 0.714. The molecule has 1 aromatic rings. The summed E-state index contributed by atoms with van der Waals surface area (Å²) in [6.07, 6.45) is 4.68. The molecule has 0 bridgehead atoms. The fourth-order valence-electron chi connectivity index (χ4n) is 1.65. The third kappa shape index (κ3) is 5.42. The van der Waals surface area contributed by atoms with Crippen molar-refractivity contribution < 1.29 is 4.79 Å². The van der Waals surface area contributed by atoms with Crippen LogP contribution in [0.3, 0.4) is 0 Å². The van der Waals surface area contributed by atoms with Crippen LogP contribution >= 0.6 is 0 Å². The van der Waals surface area contributed by atoms with Gasteiger partial charge >= 0.3 is 0 Å². The van der Waals surface area contributed by atoms with Gasteiger partial charge in [-0.25, -0.2) is 4.98 Å². The molecule has 19 heavy (non-hydrogen) atoms. The minimum absolute atomic E-state index is 0.0379. The second-order valence-corrected chi connectivity index (χ2v) is 5.25. The standard InChI is InChI=1S/C14H26N4O/c1-5-6-15-9-13-16-7-8-18(13)10-14(19)17-12(4)11(2)3/h7-8,11-12,15H,5-6,9-10H2,1-4H3,(H,17,19). The number of hydrogen-bond acceptors (Lipinski definition) is 3. The van der Waals surface area contributed by atoms with Gasteiger partial charge < -0.3 is 15.2 Å². The molecule has 0 spiro atoms. The SMILES string of the molecule is CCCNCc1nccn1CC(=O)NC(C)C(C)C. The van der Waals surface area contributed by atoms with E-state index in [9.17, 15) is 4.79 Å². The molecule has 0 saturated carbocycles. The van der Waals surface area contributed by atoms with Gasteiger partial charge in [0.25, 0.3) is 0 Å². The third-order valence-corrected chi connectivity index (χ3v) is 3.21. The van der Waals surface area contributed by atoms with Crippen molar-refractivity contribution in [1.82, 2.24) is 20.2 Å². The monoisotopic (exact) mass is 266 g/mol. The molecule has 0 radical (unpaired) electrons. The Bertz CT molecular complexity index is 387. The van der Waals surface area contributed by atoms with E-state index < -0.39 is 0 Å². The summed E-state index contributed by atoms with van der Waals surface area (Å²) >= 11 is 0. The summed E-state index contributed by atoms with van der Waals surface area (Å²) in [5.41, 5.74) is 0. The van der Waals surface area contributed by atoms with Crippen LogP contribution in [0.2, 0.25) is 0 Å². The number of hydrogen-bond donors (Lipinski definition) is 2. The van der Waals surface area contributed by atoms with E-state index in [2.05, 4.69) is 36.4 Å². The normalized spacial score (nSPS) is 12.7. The highest BCUT2D eigenvalue weighted by atomic mass is 16.2. The number of aromatic nitrogens is 2. The molecular weight excluding hydrogens is 240 g/mol. The van der Waals surface area contributed by atoms with Gasteiger partial charge in [-0.3, -0.25) is 4.79 Å². The van der Waals surface area contributed by atoms with Crippen LogP contribution in [0, 0.1) is 5.92 Å². The first-order valence-electron chi connectivity index (χ1n) is 7.04. The smallest absolute Gasteiger partial charge is 0.240 e. The molecule has 0 fully saturated rings. The number of rotatable bonds is 8. The first-order valence-corrected chi connectivity index (χ1v) is 7.04. The summed E-state index contributed by atoms with van der Waals surface area (Å²) in [5.74, 6) is 1.38. The zero-order chi connectivity index (χ0) is 14.3. The van der Waals surface area contributed by atoms with E-state index in [4.69, 9.17) is 0 Å². The lowest BCUT2D eigenvalue weighted by molar-refractivity contribution is -0.122. The second-order valence-electron chi connectivity index (χ2n) is 5.25. The summed E-state index contributed by atoms with van der Waals surface area (Å²) in [6.45, 7) is 10.3. The number of carbonyl (C=O) groups excluding carboxylic acids is 1. The number of nitrogens with one attached hydrogen (secondary N) is 2. The Hall–Kier alpha value is -1.36. The molecule has 0 saturated heterocycles. The topological polar surface area (TPSA) is 59.0 Å². The van der Waals surface area contributed by atoms with Crippen molar-refractivity contribution in [2.24, 2.45) is 5.92 Å². The highest BCUT2D eigenvalue weighted by molar-refractivity contribution is 5.76. The number of carbonyl (C=O) groups is 1. The van der Waals surface area contributed by atoms with E-state index in [0.717, 1.165) is 18.8 Å². The lowest BCUT2D eigenvalue weighted by Gasteiger charge is -2.18. The molecule has 0 aliphatic rings. The maximum Gasteiger partial charge on any atom is 0.240 e. The van der Waals surface area contributed by atoms with E-state index in [1.54, 1.807) is 6.20 Å². The number of nitrogens with zero attached hydrogens (tertiary/aromatic N) is 2. The van der Waals surface area contributed by atoms with E-state index in [0.29, 0.717) is 19.0 Å². The van der Waals surface area contributed by atoms with Gasteiger partial charge in [-0.1, -0.05) is 20.8 Å². The largest absolute Gasteiger partial charge is 0.352 e. The van der Waals surface area contributed by atoms with Gasteiger partial charge in [-0.05, 0) is 25.8 Å². The molecule has 1 unspecified atom stereocenters. The van der Waals surface area contributed by atoms with Crippen molar-refractivity contribution in [3.8, 4) is 0 Å². The average molecular weight is 266 g/mol. The maximum absolute atomic E-state index is 11.9. The van der Waals surface area contributed by atoms with E-state index in [1.807, 2.05) is 17.7 Å². The van der Waals surface area contributed by atoms with Crippen molar-refractivity contribution in [3.05, 3.63) is 18.2 Å². The fourth-order valence-corrected chi connectivity index (χ4v) is 1.65. The molecular formula is C14H26N4O. The van der Waals surface area contributed by atoms with Gasteiger partial charge in [-0.2, -0.15) is 0 Å². The van der Waals surface area contributed by atoms with Gasteiger partial charge in [0.15, 0.2) is 0 Å². The van der Waals surface area contributed by atoms with Gasteiger partial charge in [0.05, 0.1) is 6.54 Å². The Kier molecular flexibility index (Phi) is 6.56. The first-order chi connectivity index (χ1) is 9.04. The van der Waals surface area contributed by atoms with Crippen LogP contribution < -0.4 is 10.6 Å². The van der Waals surface area contributed by atoms with E-state index >= 15 is 0 Å². The predicted molar refractivity (Wildman–Crippen MR) is 76.7 cm³/mol. The molecule has 1 rings (SSSR count). The lowest BCUT2D eigenvalue weighted by Crippen LogP contribution is -2.38. The number of imidazole rings is 1. The molecule has 108 valence electrons. The van der Waals surface area contributed by atoms with Crippen LogP contribution in [-0.4, -0.2) is 28.0 Å². The van der Waals surface area contributed by atoms with Crippen LogP contribution in [0.5, 0.6) is 0 Å². The van der Waals surface area contributed by atoms with Crippen LogP contribution in [0.4, 0.5) is 0 Å². The Morgan fingerprint density at radius 2 is 2.16 bits per heavy atom. The summed E-state index contributed by atoms with van der Waals surface area (Å²) < 4.78 is 1.89. The predicted octanol–water partition coefficient (Wildman–Crippen LogP) is 1.54. The molecule has 0 aliphatic heterocycles. The van der Waals surface area contributed by atoms with Gasteiger partial charge in [0.1, 0.15) is 12.4 Å². The van der Waals surface area contributed by atoms with Crippen LogP contribution in [0.15, 0.2) is 12.4 Å². The summed E-state index contributed by atoms with van der Waals surface area (Å²) in [4.78, 5) is 16.2. The molecule has 0 aliphatic carbocycles. The van der Waals surface area contributed by atoms with E-state index in [-0.39, 0.29) is 11.9 Å². The molecule has 0 aromatic carbocycles. The first kappa shape index (κ1) is 15.7. The van der Waals surface area contributed by atoms with E-state index in [1.165, 1.54) is 0 Å². The Balaban J connectivity index is 2.48. The minimum Gasteiger partial charge on any atom is -0.352 e. The van der Waals surface area contributed by atoms with Crippen molar-refractivity contribution in [1.29, 1.82) is 0 Å². The van der Waals surface area contributed by atoms with Crippen molar-refractivity contribution in [2.75, 3.05) is 6.54 Å². The molecule has 5 heteroatoms. The molecule has 2 N–H and O–H groups in total. The van der Waals surface area contributed by atoms with Crippen LogP contribution in [0.25, 0.3) is 0 Å². The average Bonchev–Trinajstić information content (AvgIpc) is 2.76. The third-order valence-electron chi connectivity index (χ3n) is 3.21. The summed E-state index contributed by atoms with van der Waals surface area (Å²) in [7, 11) is 0. The zero-order valence-electron chi connectivity index (χ0n) is 12.4. The molecule has 1 atom stereocenters. The summed E-state index contributed by atoms with van der Waals surface area (Å²) in [6, 6.07) is 0.192. The Morgan fingerprint density at radius 3 is 2.79 bits per heavy atom. The highest BCUT2D eigenvalue weighted by Crippen LogP contribution is 2.01. The van der Waals surface area contributed by atoms with Gasteiger partial charge in [-0.15, -0.1) is 0 Å². The van der Waals surface area contributed by atoms with Gasteiger partial charge in [0.2, 0.25) is 5.91 Å². The molecule has 5 nitrogen and oxygen atoms in total. The lowest BCUT2D eigenvalue weighted by atomic mass is 10.1. The quantitative estimate of drug-likeness (QED) is 0.702. The number of amides is 1.